The van der Waals surface area contributed by atoms with Crippen LogP contribution in [0.3, 0.4) is 0 Å². The molecule has 1 aliphatic rings. The molecule has 0 N–H and O–H groups in total. The average Bonchev–Trinajstić information content (AvgIpc) is 2.97. The van der Waals surface area contributed by atoms with Crippen molar-refractivity contribution in [3.63, 3.8) is 0 Å². The first kappa shape index (κ1) is 14.0. The van der Waals surface area contributed by atoms with Crippen LogP contribution < -0.4 is 4.90 Å². The maximum Gasteiger partial charge on any atom is 0.240 e. The van der Waals surface area contributed by atoms with Crippen LogP contribution in [-0.2, 0) is 13.0 Å². The summed E-state index contributed by atoms with van der Waals surface area (Å²) in [6.45, 7) is 6.91. The number of aryl methyl sites for hydroxylation is 1. The van der Waals surface area contributed by atoms with Crippen LogP contribution in [0.2, 0.25) is 0 Å². The largest absolute Gasteiger partial charge is 0.369 e. The number of hydrogen-bond donors (Lipinski definition) is 0. The van der Waals surface area contributed by atoms with E-state index in [2.05, 4.69) is 44.0 Å². The van der Waals surface area contributed by atoms with Crippen molar-refractivity contribution in [2.75, 3.05) is 31.1 Å². The van der Waals surface area contributed by atoms with Crippen LogP contribution in [0.4, 0.5) is 5.69 Å². The summed E-state index contributed by atoms with van der Waals surface area (Å²) in [5.74, 6) is 1.55. The second-order valence-electron chi connectivity index (χ2n) is 5.32. The Labute approximate surface area is 124 Å². The first-order chi connectivity index (χ1) is 10.3. The van der Waals surface area contributed by atoms with E-state index in [9.17, 15) is 0 Å². The fourth-order valence-corrected chi connectivity index (χ4v) is 2.59. The van der Waals surface area contributed by atoms with Gasteiger partial charge in [0.25, 0.3) is 0 Å². The highest BCUT2D eigenvalue weighted by molar-refractivity contribution is 5.44. The molecule has 0 amide bonds. The zero-order valence-corrected chi connectivity index (χ0v) is 12.4. The van der Waals surface area contributed by atoms with Crippen molar-refractivity contribution in [2.24, 2.45) is 0 Å². The number of nitrogens with zero attached hydrogens (tertiary/aromatic N) is 5. The van der Waals surface area contributed by atoms with E-state index in [4.69, 9.17) is 4.52 Å². The molecule has 2 aromatic heterocycles. The Morgan fingerprint density at radius 3 is 2.62 bits per heavy atom. The van der Waals surface area contributed by atoms with Gasteiger partial charge in [-0.25, -0.2) is 0 Å². The summed E-state index contributed by atoms with van der Waals surface area (Å²) in [4.78, 5) is 13.2. The zero-order chi connectivity index (χ0) is 14.5. The normalized spacial score (nSPS) is 16.3. The summed E-state index contributed by atoms with van der Waals surface area (Å²) in [6, 6.07) is 4.12. The maximum atomic E-state index is 5.31. The molecule has 0 unspecified atom stereocenters. The van der Waals surface area contributed by atoms with E-state index in [-0.39, 0.29) is 0 Å². The van der Waals surface area contributed by atoms with Crippen LogP contribution in [0.15, 0.2) is 29.0 Å². The first-order valence-corrected chi connectivity index (χ1v) is 7.54. The second kappa shape index (κ2) is 6.67. The predicted molar refractivity (Wildman–Crippen MR) is 80.0 cm³/mol. The van der Waals surface area contributed by atoms with Crippen LogP contribution in [0.1, 0.15) is 25.1 Å². The van der Waals surface area contributed by atoms with Gasteiger partial charge in [-0.15, -0.1) is 0 Å². The molecule has 6 heteroatoms. The van der Waals surface area contributed by atoms with Crippen molar-refractivity contribution in [3.05, 3.63) is 36.2 Å². The van der Waals surface area contributed by atoms with Crippen LogP contribution in [0.25, 0.3) is 0 Å². The van der Waals surface area contributed by atoms with Gasteiger partial charge in [-0.1, -0.05) is 12.1 Å². The summed E-state index contributed by atoms with van der Waals surface area (Å²) >= 11 is 0. The Kier molecular flexibility index (Phi) is 4.45. The lowest BCUT2D eigenvalue weighted by molar-refractivity contribution is 0.215. The van der Waals surface area contributed by atoms with E-state index in [1.807, 2.05) is 12.4 Å². The number of pyridine rings is 1. The van der Waals surface area contributed by atoms with Gasteiger partial charge in [0.05, 0.1) is 6.54 Å². The molecule has 1 aliphatic heterocycles. The second-order valence-corrected chi connectivity index (χ2v) is 5.32. The lowest BCUT2D eigenvalue weighted by Crippen LogP contribution is -2.46. The fourth-order valence-electron chi connectivity index (χ4n) is 2.59. The van der Waals surface area contributed by atoms with Gasteiger partial charge in [0.2, 0.25) is 5.89 Å². The SMILES string of the molecule is CCCc1noc(CN2CCN(c3ccncc3)CC2)n1. The van der Waals surface area contributed by atoms with Crippen molar-refractivity contribution < 1.29 is 4.52 Å². The van der Waals surface area contributed by atoms with Gasteiger partial charge in [-0.05, 0) is 18.6 Å². The van der Waals surface area contributed by atoms with E-state index in [0.29, 0.717) is 0 Å². The summed E-state index contributed by atoms with van der Waals surface area (Å²) < 4.78 is 5.31. The van der Waals surface area contributed by atoms with Gasteiger partial charge in [0, 0.05) is 50.7 Å². The number of piperazine rings is 1. The summed E-state index contributed by atoms with van der Waals surface area (Å²) in [6.07, 6.45) is 5.62. The molecule has 0 atom stereocenters. The molecule has 0 saturated carbocycles. The topological polar surface area (TPSA) is 58.3 Å². The first-order valence-electron chi connectivity index (χ1n) is 7.54. The van der Waals surface area contributed by atoms with Crippen LogP contribution in [0, 0.1) is 0 Å². The molecular formula is C15H21N5O. The van der Waals surface area contributed by atoms with Crippen molar-refractivity contribution in [3.8, 4) is 0 Å². The van der Waals surface area contributed by atoms with Crippen molar-refractivity contribution in [1.82, 2.24) is 20.0 Å². The fraction of sp³-hybridized carbons (Fsp3) is 0.533. The van der Waals surface area contributed by atoms with Crippen LogP contribution >= 0.6 is 0 Å². The van der Waals surface area contributed by atoms with E-state index in [1.165, 1.54) is 5.69 Å². The van der Waals surface area contributed by atoms with Gasteiger partial charge in [0.15, 0.2) is 5.82 Å². The molecule has 1 saturated heterocycles. The zero-order valence-electron chi connectivity index (χ0n) is 12.4. The Balaban J connectivity index is 1.51. The number of aromatic nitrogens is 3. The quantitative estimate of drug-likeness (QED) is 0.835. The molecule has 0 bridgehead atoms. The Hall–Kier alpha value is -1.95. The van der Waals surface area contributed by atoms with Crippen molar-refractivity contribution >= 4 is 5.69 Å². The predicted octanol–water partition coefficient (Wildman–Crippen LogP) is 1.74. The molecule has 0 aliphatic carbocycles. The lowest BCUT2D eigenvalue weighted by atomic mass is 10.2. The van der Waals surface area contributed by atoms with Crippen LogP contribution in [-0.4, -0.2) is 46.2 Å². The minimum Gasteiger partial charge on any atom is -0.369 e. The van der Waals surface area contributed by atoms with Gasteiger partial charge >= 0.3 is 0 Å². The molecule has 0 aromatic carbocycles. The highest BCUT2D eigenvalue weighted by Gasteiger charge is 2.19. The van der Waals surface area contributed by atoms with E-state index >= 15 is 0 Å². The van der Waals surface area contributed by atoms with Crippen molar-refractivity contribution in [2.45, 2.75) is 26.3 Å². The van der Waals surface area contributed by atoms with E-state index < -0.39 is 0 Å². The highest BCUT2D eigenvalue weighted by atomic mass is 16.5. The Morgan fingerprint density at radius 2 is 1.90 bits per heavy atom. The third-order valence-electron chi connectivity index (χ3n) is 3.74. The van der Waals surface area contributed by atoms with Gasteiger partial charge in [-0.2, -0.15) is 4.98 Å². The third kappa shape index (κ3) is 3.58. The monoisotopic (exact) mass is 287 g/mol. The minimum absolute atomic E-state index is 0.732. The smallest absolute Gasteiger partial charge is 0.240 e. The molecule has 6 nitrogen and oxygen atoms in total. The van der Waals surface area contributed by atoms with Gasteiger partial charge in [0.1, 0.15) is 0 Å². The molecule has 1 fully saturated rings. The van der Waals surface area contributed by atoms with E-state index in [0.717, 1.165) is 57.3 Å². The summed E-state index contributed by atoms with van der Waals surface area (Å²) in [5, 5.41) is 4.00. The number of hydrogen-bond acceptors (Lipinski definition) is 6. The number of anilines is 1. The average molecular weight is 287 g/mol. The Bertz CT molecular complexity index is 548. The Morgan fingerprint density at radius 1 is 1.14 bits per heavy atom. The minimum atomic E-state index is 0.732. The molecule has 2 aromatic rings. The molecular weight excluding hydrogens is 266 g/mol. The maximum absolute atomic E-state index is 5.31. The molecule has 21 heavy (non-hydrogen) atoms. The third-order valence-corrected chi connectivity index (χ3v) is 3.74. The van der Waals surface area contributed by atoms with Crippen LogP contribution in [0.5, 0.6) is 0 Å². The van der Waals surface area contributed by atoms with Crippen molar-refractivity contribution in [1.29, 1.82) is 0 Å². The molecule has 3 rings (SSSR count). The summed E-state index contributed by atoms with van der Waals surface area (Å²) in [7, 11) is 0. The van der Waals surface area contributed by atoms with Gasteiger partial charge < -0.3 is 9.42 Å². The number of rotatable bonds is 5. The molecule has 0 spiro atoms. The van der Waals surface area contributed by atoms with E-state index in [1.54, 1.807) is 0 Å². The standard InChI is InChI=1S/C15H21N5O/c1-2-3-14-17-15(21-18-14)12-19-8-10-20(11-9-19)13-4-6-16-7-5-13/h4-7H,2-3,8-12H2,1H3. The summed E-state index contributed by atoms with van der Waals surface area (Å²) in [5.41, 5.74) is 1.24. The van der Waals surface area contributed by atoms with Gasteiger partial charge in [-0.3, -0.25) is 9.88 Å². The molecule has 112 valence electrons. The lowest BCUT2D eigenvalue weighted by Gasteiger charge is -2.35. The molecule has 3 heterocycles. The highest BCUT2D eigenvalue weighted by Crippen LogP contribution is 2.15. The molecule has 0 radical (unpaired) electrons.